The fraction of sp³-hybridized carbons (Fsp3) is 0.625. The molecule has 0 unspecified atom stereocenters. The number of rotatable bonds is 1. The van der Waals surface area contributed by atoms with Crippen LogP contribution in [0.2, 0.25) is 0 Å². The van der Waals surface area contributed by atoms with E-state index in [0.717, 1.165) is 13.0 Å². The lowest BCUT2D eigenvalue weighted by Gasteiger charge is -2.19. The van der Waals surface area contributed by atoms with E-state index in [1.807, 2.05) is 18.2 Å². The van der Waals surface area contributed by atoms with Crippen molar-refractivity contribution in [3.63, 3.8) is 0 Å². The lowest BCUT2D eigenvalue weighted by atomic mass is 9.86. The van der Waals surface area contributed by atoms with Crippen molar-refractivity contribution in [1.29, 1.82) is 0 Å². The highest BCUT2D eigenvalue weighted by Gasteiger charge is 2.11. The van der Waals surface area contributed by atoms with E-state index in [1.54, 1.807) is 0 Å². The molecule has 1 N–H and O–H groups in total. The largest absolute Gasteiger partial charge is 0.400 e. The predicted molar refractivity (Wildman–Crippen MR) is 78.2 cm³/mol. The zero-order valence-electron chi connectivity index (χ0n) is 12.6. The molecule has 1 nitrogen and oxygen atoms in total. The molecule has 17 heavy (non-hydrogen) atoms. The molecule has 0 fully saturated rings. The summed E-state index contributed by atoms with van der Waals surface area (Å²) < 4.78 is 0. The third kappa shape index (κ3) is 17.8. The van der Waals surface area contributed by atoms with Gasteiger partial charge in [-0.1, -0.05) is 70.5 Å². The molecule has 1 aromatic carbocycles. The van der Waals surface area contributed by atoms with Gasteiger partial charge in [-0.25, -0.2) is 0 Å². The van der Waals surface area contributed by atoms with E-state index in [9.17, 15) is 0 Å². The second-order valence-corrected chi connectivity index (χ2v) is 5.81. The van der Waals surface area contributed by atoms with E-state index < -0.39 is 0 Å². The Morgan fingerprint density at radius 2 is 1.41 bits per heavy atom. The van der Waals surface area contributed by atoms with Crippen molar-refractivity contribution in [2.45, 2.75) is 48.0 Å². The van der Waals surface area contributed by atoms with E-state index in [1.165, 1.54) is 12.0 Å². The average molecular weight is 238 g/mol. The second kappa shape index (κ2) is 10.3. The average Bonchev–Trinajstić information content (AvgIpc) is 2.19. The van der Waals surface area contributed by atoms with Crippen LogP contribution >= 0.6 is 0 Å². The molecule has 0 aliphatic carbocycles. The zero-order chi connectivity index (χ0) is 13.9. The molecule has 1 heteroatoms. The molecule has 0 spiro atoms. The molecule has 0 aromatic heterocycles. The molecule has 0 bridgehead atoms. The monoisotopic (exact) mass is 238 g/mol. The third-order valence-electron chi connectivity index (χ3n) is 1.96. The number of aliphatic hydroxyl groups is 1. The van der Waals surface area contributed by atoms with Crippen LogP contribution in [-0.2, 0) is 0 Å². The summed E-state index contributed by atoms with van der Waals surface area (Å²) in [6.07, 6.45) is 1.33. The highest BCUT2D eigenvalue weighted by molar-refractivity contribution is 5.11. The molecule has 0 radical (unpaired) electrons. The maximum absolute atomic E-state index is 7.00. The van der Waals surface area contributed by atoms with Crippen LogP contribution in [0.25, 0.3) is 0 Å². The van der Waals surface area contributed by atoms with Crippen LogP contribution in [0.4, 0.5) is 0 Å². The molecule has 0 heterocycles. The van der Waals surface area contributed by atoms with Crippen LogP contribution in [0.15, 0.2) is 30.3 Å². The first kappa shape index (κ1) is 18.5. The van der Waals surface area contributed by atoms with Crippen molar-refractivity contribution in [3.8, 4) is 0 Å². The van der Waals surface area contributed by atoms with Gasteiger partial charge in [0, 0.05) is 7.11 Å². The molecule has 1 rings (SSSR count). The summed E-state index contributed by atoms with van der Waals surface area (Å²) in [7, 11) is 1.00. The van der Waals surface area contributed by atoms with Crippen molar-refractivity contribution in [2.24, 2.45) is 11.3 Å². The van der Waals surface area contributed by atoms with E-state index in [-0.39, 0.29) is 0 Å². The van der Waals surface area contributed by atoms with Crippen molar-refractivity contribution in [2.75, 3.05) is 7.11 Å². The van der Waals surface area contributed by atoms with Gasteiger partial charge in [0.1, 0.15) is 0 Å². The first-order valence-electron chi connectivity index (χ1n) is 6.27. The Balaban J connectivity index is 0. The van der Waals surface area contributed by atoms with E-state index >= 15 is 0 Å². The molecule has 1 aromatic rings. The third-order valence-corrected chi connectivity index (χ3v) is 1.96. The molecule has 0 atom stereocenters. The minimum absolute atomic E-state index is 0.522. The van der Waals surface area contributed by atoms with Crippen LogP contribution in [0.3, 0.4) is 0 Å². The maximum atomic E-state index is 7.00. The van der Waals surface area contributed by atoms with Gasteiger partial charge >= 0.3 is 0 Å². The van der Waals surface area contributed by atoms with Gasteiger partial charge < -0.3 is 5.11 Å². The molecule has 0 saturated carbocycles. The lowest BCUT2D eigenvalue weighted by molar-refractivity contribution is 0.320. The summed E-state index contributed by atoms with van der Waals surface area (Å²) in [4.78, 5) is 0. The number of aliphatic hydroxyl groups excluding tert-OH is 1. The van der Waals surface area contributed by atoms with E-state index in [2.05, 4.69) is 53.7 Å². The standard InChI is InChI=1S/C8H18.C7H8.CH4O/c1-7(2)6-8(3,4)5;1-7-5-3-2-4-6-7;1-2/h7H,6H2,1-5H3;2-6H,1H3;2H,1H3. The highest BCUT2D eigenvalue weighted by atomic mass is 16.2. The van der Waals surface area contributed by atoms with Gasteiger partial charge in [0.05, 0.1) is 0 Å². The number of hydrogen-bond acceptors (Lipinski definition) is 1. The lowest BCUT2D eigenvalue weighted by Crippen LogP contribution is -2.08. The summed E-state index contributed by atoms with van der Waals surface area (Å²) >= 11 is 0. The Bertz CT molecular complexity index is 244. The fourth-order valence-electron chi connectivity index (χ4n) is 1.76. The fourth-order valence-corrected chi connectivity index (χ4v) is 1.76. The van der Waals surface area contributed by atoms with Gasteiger partial charge in [-0.3, -0.25) is 0 Å². The number of hydrogen-bond donors (Lipinski definition) is 1. The Morgan fingerprint density at radius 1 is 1.00 bits per heavy atom. The first-order valence-corrected chi connectivity index (χ1v) is 6.27. The summed E-state index contributed by atoms with van der Waals surface area (Å²) in [5, 5.41) is 7.00. The summed E-state index contributed by atoms with van der Waals surface area (Å²) in [5.41, 5.74) is 1.84. The molecular weight excluding hydrogens is 208 g/mol. The minimum Gasteiger partial charge on any atom is -0.400 e. The van der Waals surface area contributed by atoms with E-state index in [4.69, 9.17) is 5.11 Å². The predicted octanol–water partition coefficient (Wildman–Crippen LogP) is 4.68. The molecule has 0 amide bonds. The van der Waals surface area contributed by atoms with E-state index in [0.29, 0.717) is 5.41 Å². The molecular formula is C16H30O. The smallest absolute Gasteiger partial charge is 0.0319 e. The van der Waals surface area contributed by atoms with Gasteiger partial charge in [0.2, 0.25) is 0 Å². The van der Waals surface area contributed by atoms with Gasteiger partial charge in [-0.2, -0.15) is 0 Å². The van der Waals surface area contributed by atoms with Gasteiger partial charge in [0.15, 0.2) is 0 Å². The SMILES string of the molecule is CC(C)CC(C)(C)C.CO.Cc1ccccc1. The van der Waals surface area contributed by atoms with Gasteiger partial charge in [-0.15, -0.1) is 0 Å². The summed E-state index contributed by atoms with van der Waals surface area (Å²) in [6, 6.07) is 10.3. The van der Waals surface area contributed by atoms with Crippen molar-refractivity contribution in [3.05, 3.63) is 35.9 Å². The number of aryl methyl sites for hydroxylation is 1. The molecule has 0 saturated heterocycles. The Kier molecular flexibility index (Phi) is 11.3. The Hall–Kier alpha value is -0.820. The van der Waals surface area contributed by atoms with Crippen LogP contribution in [-0.4, -0.2) is 12.2 Å². The molecule has 100 valence electrons. The van der Waals surface area contributed by atoms with Crippen LogP contribution in [0.1, 0.15) is 46.6 Å². The second-order valence-electron chi connectivity index (χ2n) is 5.81. The minimum atomic E-state index is 0.522. The molecule has 0 aliphatic heterocycles. The topological polar surface area (TPSA) is 20.2 Å². The summed E-state index contributed by atoms with van der Waals surface area (Å²) in [6.45, 7) is 13.5. The Labute approximate surface area is 108 Å². The highest BCUT2D eigenvalue weighted by Crippen LogP contribution is 2.23. The Morgan fingerprint density at radius 3 is 1.53 bits per heavy atom. The van der Waals surface area contributed by atoms with Crippen molar-refractivity contribution in [1.82, 2.24) is 0 Å². The quantitative estimate of drug-likeness (QED) is 0.753. The van der Waals surface area contributed by atoms with Crippen molar-refractivity contribution < 1.29 is 5.11 Å². The van der Waals surface area contributed by atoms with Crippen LogP contribution in [0, 0.1) is 18.3 Å². The zero-order valence-corrected chi connectivity index (χ0v) is 12.6. The molecule has 0 aliphatic rings. The normalized spacial score (nSPS) is 9.94. The van der Waals surface area contributed by atoms with Gasteiger partial charge in [-0.05, 0) is 24.7 Å². The van der Waals surface area contributed by atoms with Gasteiger partial charge in [0.25, 0.3) is 0 Å². The van der Waals surface area contributed by atoms with Crippen molar-refractivity contribution >= 4 is 0 Å². The maximum Gasteiger partial charge on any atom is 0.0319 e. The van der Waals surface area contributed by atoms with Crippen LogP contribution in [0.5, 0.6) is 0 Å². The first-order chi connectivity index (χ1) is 7.81. The van der Waals surface area contributed by atoms with Crippen LogP contribution < -0.4 is 0 Å². The number of benzene rings is 1. The summed E-state index contributed by atoms with van der Waals surface area (Å²) in [5.74, 6) is 0.843.